The van der Waals surface area contributed by atoms with E-state index in [9.17, 15) is 0 Å². The van der Waals surface area contributed by atoms with Crippen LogP contribution >= 0.6 is 0 Å². The van der Waals surface area contributed by atoms with Crippen LogP contribution in [0.3, 0.4) is 0 Å². The summed E-state index contributed by atoms with van der Waals surface area (Å²) >= 11 is 0. The summed E-state index contributed by atoms with van der Waals surface area (Å²) in [5, 5.41) is 9.03. The van der Waals surface area contributed by atoms with Gasteiger partial charge in [-0.2, -0.15) is 0 Å². The van der Waals surface area contributed by atoms with Gasteiger partial charge >= 0.3 is 0 Å². The second kappa shape index (κ2) is 13.0. The van der Waals surface area contributed by atoms with E-state index in [1.165, 1.54) is 51.4 Å². The lowest BCUT2D eigenvalue weighted by Crippen LogP contribution is -2.17. The first-order valence-corrected chi connectivity index (χ1v) is 7.07. The van der Waals surface area contributed by atoms with Crippen molar-refractivity contribution in [1.29, 1.82) is 0 Å². The van der Waals surface area contributed by atoms with Gasteiger partial charge in [-0.1, -0.05) is 58.3 Å². The fourth-order valence-electron chi connectivity index (χ4n) is 1.97. The lowest BCUT2D eigenvalue weighted by molar-refractivity contribution is 0.0136. The van der Waals surface area contributed by atoms with Crippen LogP contribution < -0.4 is 0 Å². The summed E-state index contributed by atoms with van der Waals surface area (Å²) in [4.78, 5) is 0. The molecule has 1 N–H and O–H groups in total. The fourth-order valence-corrected chi connectivity index (χ4v) is 1.97. The molecule has 0 aromatic carbocycles. The van der Waals surface area contributed by atoms with E-state index in [-0.39, 0.29) is 12.7 Å². The highest BCUT2D eigenvalue weighted by molar-refractivity contribution is 4.56. The number of ether oxygens (including phenoxy) is 1. The molecule has 0 saturated carbocycles. The molecular weight excluding hydrogens is 200 g/mol. The molecule has 0 heterocycles. The highest BCUT2D eigenvalue weighted by Crippen LogP contribution is 2.11. The summed E-state index contributed by atoms with van der Waals surface area (Å²) in [5.41, 5.74) is 0. The molecule has 2 nitrogen and oxygen atoms in total. The van der Waals surface area contributed by atoms with Crippen molar-refractivity contribution in [2.75, 3.05) is 13.2 Å². The third-order valence-electron chi connectivity index (χ3n) is 2.99. The Morgan fingerprint density at radius 1 is 0.875 bits per heavy atom. The Balaban J connectivity index is 3.12. The highest BCUT2D eigenvalue weighted by atomic mass is 16.5. The van der Waals surface area contributed by atoms with Crippen molar-refractivity contribution >= 4 is 0 Å². The van der Waals surface area contributed by atoms with Crippen LogP contribution in [0.15, 0.2) is 0 Å². The van der Waals surface area contributed by atoms with Crippen molar-refractivity contribution in [3.63, 3.8) is 0 Å². The van der Waals surface area contributed by atoms with Gasteiger partial charge in [0.25, 0.3) is 0 Å². The average molecular weight is 230 g/mol. The highest BCUT2D eigenvalue weighted by Gasteiger charge is 2.05. The van der Waals surface area contributed by atoms with Crippen molar-refractivity contribution in [3.05, 3.63) is 0 Å². The molecule has 0 amide bonds. The summed E-state index contributed by atoms with van der Waals surface area (Å²) in [6.45, 7) is 5.12. The van der Waals surface area contributed by atoms with Gasteiger partial charge in [-0.25, -0.2) is 0 Å². The van der Waals surface area contributed by atoms with Gasteiger partial charge in [0.2, 0.25) is 0 Å². The monoisotopic (exact) mass is 230 g/mol. The lowest BCUT2D eigenvalue weighted by Gasteiger charge is -2.13. The predicted octanol–water partition coefficient (Wildman–Crippen LogP) is 3.91. The van der Waals surface area contributed by atoms with Crippen LogP contribution in [0.4, 0.5) is 0 Å². The molecule has 16 heavy (non-hydrogen) atoms. The number of hydrogen-bond donors (Lipinski definition) is 1. The van der Waals surface area contributed by atoms with Gasteiger partial charge in [-0.05, 0) is 13.3 Å². The van der Waals surface area contributed by atoms with Gasteiger partial charge in [-0.3, -0.25) is 0 Å². The summed E-state index contributed by atoms with van der Waals surface area (Å²) < 4.78 is 5.40. The Kier molecular flexibility index (Phi) is 12.9. The smallest absolute Gasteiger partial charge is 0.0805 e. The van der Waals surface area contributed by atoms with E-state index in [2.05, 4.69) is 6.92 Å². The van der Waals surface area contributed by atoms with E-state index in [0.29, 0.717) is 6.61 Å². The lowest BCUT2D eigenvalue weighted by atomic mass is 10.1. The van der Waals surface area contributed by atoms with Crippen molar-refractivity contribution in [1.82, 2.24) is 0 Å². The molecular formula is C14H30O2. The third kappa shape index (κ3) is 10.4. The maximum Gasteiger partial charge on any atom is 0.0805 e. The Morgan fingerprint density at radius 2 is 1.44 bits per heavy atom. The molecule has 1 unspecified atom stereocenters. The van der Waals surface area contributed by atoms with Gasteiger partial charge in [0, 0.05) is 6.61 Å². The van der Waals surface area contributed by atoms with Crippen molar-refractivity contribution in [2.24, 2.45) is 0 Å². The van der Waals surface area contributed by atoms with Crippen LogP contribution in [0, 0.1) is 0 Å². The number of rotatable bonds is 12. The molecule has 0 radical (unpaired) electrons. The molecule has 1 atom stereocenters. The average Bonchev–Trinajstić information content (AvgIpc) is 2.31. The summed E-state index contributed by atoms with van der Waals surface area (Å²) in [7, 11) is 0. The minimum atomic E-state index is 0.0742. The minimum Gasteiger partial charge on any atom is -0.394 e. The van der Waals surface area contributed by atoms with Crippen molar-refractivity contribution in [2.45, 2.75) is 77.7 Å². The quantitative estimate of drug-likeness (QED) is 0.515. The van der Waals surface area contributed by atoms with E-state index < -0.39 is 0 Å². The Morgan fingerprint density at radius 3 is 1.94 bits per heavy atom. The maximum atomic E-state index is 9.03. The number of hydrogen-bond acceptors (Lipinski definition) is 2. The Bertz CT molecular complexity index is 126. The summed E-state index contributed by atoms with van der Waals surface area (Å²) in [6.07, 6.45) is 11.8. The second-order valence-electron chi connectivity index (χ2n) is 4.52. The molecule has 0 spiro atoms. The fraction of sp³-hybridized carbons (Fsp3) is 1.00. The van der Waals surface area contributed by atoms with Gasteiger partial charge in [-0.15, -0.1) is 0 Å². The molecule has 0 saturated heterocycles. The molecule has 0 aliphatic carbocycles. The van der Waals surface area contributed by atoms with Crippen molar-refractivity contribution in [3.8, 4) is 0 Å². The van der Waals surface area contributed by atoms with Crippen LogP contribution in [-0.4, -0.2) is 24.4 Å². The SMILES string of the molecule is CCCCCCCCCCC(CO)OCC. The van der Waals surface area contributed by atoms with Crippen LogP contribution in [0.5, 0.6) is 0 Å². The topological polar surface area (TPSA) is 29.5 Å². The Hall–Kier alpha value is -0.0800. The van der Waals surface area contributed by atoms with Gasteiger partial charge in [0.05, 0.1) is 12.7 Å². The van der Waals surface area contributed by atoms with Gasteiger partial charge < -0.3 is 9.84 Å². The number of aliphatic hydroxyl groups excluding tert-OH is 1. The van der Waals surface area contributed by atoms with E-state index >= 15 is 0 Å². The van der Waals surface area contributed by atoms with Gasteiger partial charge in [0.1, 0.15) is 0 Å². The summed E-state index contributed by atoms with van der Waals surface area (Å²) in [5.74, 6) is 0. The van der Waals surface area contributed by atoms with Crippen LogP contribution in [0.2, 0.25) is 0 Å². The van der Waals surface area contributed by atoms with Gasteiger partial charge in [0.15, 0.2) is 0 Å². The first-order valence-electron chi connectivity index (χ1n) is 7.07. The predicted molar refractivity (Wildman–Crippen MR) is 69.7 cm³/mol. The third-order valence-corrected chi connectivity index (χ3v) is 2.99. The van der Waals surface area contributed by atoms with Crippen LogP contribution in [0.1, 0.15) is 71.6 Å². The first-order chi connectivity index (χ1) is 7.85. The van der Waals surface area contributed by atoms with E-state index in [1.807, 2.05) is 6.92 Å². The molecule has 0 rings (SSSR count). The molecule has 0 aliphatic rings. The molecule has 0 fully saturated rings. The summed E-state index contributed by atoms with van der Waals surface area (Å²) in [6, 6.07) is 0. The van der Waals surface area contributed by atoms with E-state index in [4.69, 9.17) is 9.84 Å². The van der Waals surface area contributed by atoms with Crippen LogP contribution in [-0.2, 0) is 4.74 Å². The second-order valence-corrected chi connectivity index (χ2v) is 4.52. The zero-order valence-corrected chi connectivity index (χ0v) is 11.2. The minimum absolute atomic E-state index is 0.0742. The van der Waals surface area contributed by atoms with Crippen LogP contribution in [0.25, 0.3) is 0 Å². The largest absolute Gasteiger partial charge is 0.394 e. The zero-order valence-electron chi connectivity index (χ0n) is 11.2. The number of unbranched alkanes of at least 4 members (excludes halogenated alkanes) is 7. The normalized spacial score (nSPS) is 12.9. The maximum absolute atomic E-state index is 9.03. The molecule has 0 aromatic heterocycles. The molecule has 0 bridgehead atoms. The standard InChI is InChI=1S/C14H30O2/c1-3-5-6-7-8-9-10-11-12-14(13-15)16-4-2/h14-15H,3-13H2,1-2H3. The number of aliphatic hydroxyl groups is 1. The molecule has 2 heteroatoms. The molecule has 0 aliphatic heterocycles. The van der Waals surface area contributed by atoms with Crippen molar-refractivity contribution < 1.29 is 9.84 Å². The molecule has 98 valence electrons. The Labute approximate surface area is 101 Å². The first kappa shape index (κ1) is 15.9. The zero-order chi connectivity index (χ0) is 12.1. The van der Waals surface area contributed by atoms with E-state index in [0.717, 1.165) is 6.42 Å². The molecule has 0 aromatic rings. The van der Waals surface area contributed by atoms with E-state index in [1.54, 1.807) is 0 Å².